The highest BCUT2D eigenvalue weighted by Gasteiger charge is 2.21. The van der Waals surface area contributed by atoms with Crippen LogP contribution in [0, 0.1) is 6.92 Å². The summed E-state index contributed by atoms with van der Waals surface area (Å²) in [6, 6.07) is 13.1. The largest absolute Gasteiger partial charge is 0.497 e. The van der Waals surface area contributed by atoms with Gasteiger partial charge in [0.1, 0.15) is 11.5 Å². The molecule has 0 atom stereocenters. The number of amides is 1. The first-order valence-electron chi connectivity index (χ1n) is 9.12. The van der Waals surface area contributed by atoms with Crippen LogP contribution < -0.4 is 24.7 Å². The second-order valence-corrected chi connectivity index (χ2v) is 6.73. The summed E-state index contributed by atoms with van der Waals surface area (Å²) < 4.78 is 23.9. The number of hydrogen-bond donors (Lipinski definition) is 1. The van der Waals surface area contributed by atoms with Gasteiger partial charge in [0.25, 0.3) is 5.91 Å². The Morgan fingerprint density at radius 1 is 1.07 bits per heavy atom. The average Bonchev–Trinajstić information content (AvgIpc) is 3.32. The molecular formula is C22H22N2O5. The monoisotopic (exact) mass is 394 g/mol. The number of rotatable bonds is 6. The molecule has 0 fully saturated rings. The van der Waals surface area contributed by atoms with Crippen LogP contribution in [0.4, 0.5) is 0 Å². The normalized spacial score (nSPS) is 12.1. The molecule has 1 aliphatic rings. The van der Waals surface area contributed by atoms with Gasteiger partial charge < -0.3 is 29.2 Å². The Morgan fingerprint density at radius 3 is 2.59 bits per heavy atom. The van der Waals surface area contributed by atoms with Gasteiger partial charge in [0.2, 0.25) is 6.79 Å². The topological polar surface area (TPSA) is 84.9 Å². The van der Waals surface area contributed by atoms with E-state index >= 15 is 0 Å². The van der Waals surface area contributed by atoms with Gasteiger partial charge in [-0.05, 0) is 48.9 Å². The van der Waals surface area contributed by atoms with E-state index in [1.54, 1.807) is 20.3 Å². The highest BCUT2D eigenvalue weighted by Crippen LogP contribution is 2.37. The van der Waals surface area contributed by atoms with Gasteiger partial charge in [-0.15, -0.1) is 0 Å². The zero-order valence-electron chi connectivity index (χ0n) is 16.5. The molecule has 0 saturated carbocycles. The average molecular weight is 394 g/mol. The van der Waals surface area contributed by atoms with Gasteiger partial charge in [0, 0.05) is 17.8 Å². The van der Waals surface area contributed by atoms with E-state index in [1.165, 1.54) is 0 Å². The Hall–Kier alpha value is -3.61. The minimum Gasteiger partial charge on any atom is -0.497 e. The van der Waals surface area contributed by atoms with E-state index in [9.17, 15) is 4.79 Å². The van der Waals surface area contributed by atoms with Crippen LogP contribution >= 0.6 is 0 Å². The predicted octanol–water partition coefficient (Wildman–Crippen LogP) is 3.36. The lowest BCUT2D eigenvalue weighted by Gasteiger charge is -2.15. The van der Waals surface area contributed by atoms with Crippen LogP contribution in [0.5, 0.6) is 23.0 Å². The highest BCUT2D eigenvalue weighted by atomic mass is 16.7. The van der Waals surface area contributed by atoms with E-state index in [4.69, 9.17) is 24.7 Å². The van der Waals surface area contributed by atoms with Gasteiger partial charge in [0.05, 0.1) is 25.5 Å². The third-order valence-corrected chi connectivity index (χ3v) is 5.09. The van der Waals surface area contributed by atoms with Crippen molar-refractivity contribution in [1.82, 2.24) is 4.57 Å². The summed E-state index contributed by atoms with van der Waals surface area (Å²) in [6.07, 6.45) is 0. The fourth-order valence-corrected chi connectivity index (χ4v) is 3.56. The van der Waals surface area contributed by atoms with E-state index in [2.05, 4.69) is 0 Å². The molecule has 0 saturated heterocycles. The number of carbonyl (C=O) groups is 1. The molecule has 3 aromatic rings. The third-order valence-electron chi connectivity index (χ3n) is 5.09. The maximum atomic E-state index is 12.0. The molecule has 0 aliphatic carbocycles. The standard InChI is InChI=1S/C22H22N2O5/c1-13-16(22(23)25)10-18(17-9-15(26-2)5-7-19(17)27-3)24(13)11-14-4-6-20-21(8-14)29-12-28-20/h4-10H,11-12H2,1-3H3,(H2,23,25). The van der Waals surface area contributed by atoms with E-state index in [1.807, 2.05) is 47.9 Å². The number of fused-ring (bicyclic) bond motifs is 1. The van der Waals surface area contributed by atoms with Crippen molar-refractivity contribution in [3.05, 3.63) is 59.3 Å². The first-order valence-corrected chi connectivity index (χ1v) is 9.12. The molecular weight excluding hydrogens is 372 g/mol. The number of methoxy groups -OCH3 is 2. The SMILES string of the molecule is COc1ccc(OC)c(-c2cc(C(N)=O)c(C)n2Cc2ccc3c(c2)OCO3)c1. The minimum absolute atomic E-state index is 0.222. The quantitative estimate of drug-likeness (QED) is 0.693. The van der Waals surface area contributed by atoms with E-state index in [0.717, 1.165) is 28.3 Å². The van der Waals surface area contributed by atoms with E-state index < -0.39 is 5.91 Å². The molecule has 0 unspecified atom stereocenters. The summed E-state index contributed by atoms with van der Waals surface area (Å²) in [5, 5.41) is 0. The molecule has 7 nitrogen and oxygen atoms in total. The van der Waals surface area contributed by atoms with Crippen molar-refractivity contribution in [3.8, 4) is 34.3 Å². The molecule has 150 valence electrons. The number of benzene rings is 2. The number of primary amides is 1. The lowest BCUT2D eigenvalue weighted by Crippen LogP contribution is -2.12. The summed E-state index contributed by atoms with van der Waals surface area (Å²) in [5.41, 5.74) is 9.49. The van der Waals surface area contributed by atoms with Gasteiger partial charge in [-0.25, -0.2) is 0 Å². The number of carbonyl (C=O) groups excluding carboxylic acids is 1. The van der Waals surface area contributed by atoms with E-state index in [0.29, 0.717) is 29.4 Å². The third kappa shape index (κ3) is 3.35. The Balaban J connectivity index is 1.85. The fourth-order valence-electron chi connectivity index (χ4n) is 3.56. The second-order valence-electron chi connectivity index (χ2n) is 6.73. The van der Waals surface area contributed by atoms with E-state index in [-0.39, 0.29) is 6.79 Å². The molecule has 4 rings (SSSR count). The zero-order valence-corrected chi connectivity index (χ0v) is 16.5. The van der Waals surface area contributed by atoms with Crippen molar-refractivity contribution in [2.75, 3.05) is 21.0 Å². The van der Waals surface area contributed by atoms with Crippen molar-refractivity contribution in [3.63, 3.8) is 0 Å². The molecule has 1 amide bonds. The lowest BCUT2D eigenvalue weighted by atomic mass is 10.1. The fraction of sp³-hybridized carbons (Fsp3) is 0.227. The number of aromatic nitrogens is 1. The lowest BCUT2D eigenvalue weighted by molar-refractivity contribution is 0.0999. The summed E-state index contributed by atoms with van der Waals surface area (Å²) in [6.45, 7) is 2.62. The van der Waals surface area contributed by atoms with Crippen LogP contribution in [-0.4, -0.2) is 31.5 Å². The summed E-state index contributed by atoms with van der Waals surface area (Å²) in [7, 11) is 3.22. The minimum atomic E-state index is -0.477. The van der Waals surface area contributed by atoms with Crippen molar-refractivity contribution in [1.29, 1.82) is 0 Å². The van der Waals surface area contributed by atoms with Crippen LogP contribution in [-0.2, 0) is 6.54 Å². The summed E-state index contributed by atoms with van der Waals surface area (Å²) >= 11 is 0. The second kappa shape index (κ2) is 7.43. The molecule has 29 heavy (non-hydrogen) atoms. The first-order chi connectivity index (χ1) is 14.0. The van der Waals surface area contributed by atoms with Crippen molar-refractivity contribution in [2.24, 2.45) is 5.73 Å². The van der Waals surface area contributed by atoms with Crippen LogP contribution in [0.3, 0.4) is 0 Å². The molecule has 2 N–H and O–H groups in total. The molecule has 0 bridgehead atoms. The van der Waals surface area contributed by atoms with Gasteiger partial charge in [-0.1, -0.05) is 6.07 Å². The molecule has 1 aromatic heterocycles. The Kier molecular flexibility index (Phi) is 4.80. The van der Waals surface area contributed by atoms with Crippen LogP contribution in [0.1, 0.15) is 21.6 Å². The van der Waals surface area contributed by atoms with Crippen molar-refractivity contribution < 1.29 is 23.7 Å². The van der Waals surface area contributed by atoms with Crippen LogP contribution in [0.25, 0.3) is 11.3 Å². The smallest absolute Gasteiger partial charge is 0.250 e. The summed E-state index contributed by atoms with van der Waals surface area (Å²) in [4.78, 5) is 12.0. The number of nitrogens with zero attached hydrogens (tertiary/aromatic N) is 1. The van der Waals surface area contributed by atoms with Gasteiger partial charge >= 0.3 is 0 Å². The predicted molar refractivity (Wildman–Crippen MR) is 108 cm³/mol. The Bertz CT molecular complexity index is 1090. The molecule has 0 radical (unpaired) electrons. The summed E-state index contributed by atoms with van der Waals surface area (Å²) in [5.74, 6) is 2.32. The number of hydrogen-bond acceptors (Lipinski definition) is 5. The first kappa shape index (κ1) is 18.7. The van der Waals surface area contributed by atoms with Crippen LogP contribution in [0.15, 0.2) is 42.5 Å². The van der Waals surface area contributed by atoms with Gasteiger partial charge in [-0.2, -0.15) is 0 Å². The van der Waals surface area contributed by atoms with Crippen molar-refractivity contribution in [2.45, 2.75) is 13.5 Å². The number of nitrogens with two attached hydrogens (primary N) is 1. The van der Waals surface area contributed by atoms with Gasteiger partial charge in [0.15, 0.2) is 11.5 Å². The zero-order chi connectivity index (χ0) is 20.5. The van der Waals surface area contributed by atoms with Crippen LogP contribution in [0.2, 0.25) is 0 Å². The highest BCUT2D eigenvalue weighted by molar-refractivity contribution is 5.96. The molecule has 7 heteroatoms. The van der Waals surface area contributed by atoms with Gasteiger partial charge in [-0.3, -0.25) is 4.79 Å². The Labute approximate surface area is 168 Å². The molecule has 2 aromatic carbocycles. The molecule has 2 heterocycles. The molecule has 1 aliphatic heterocycles. The number of ether oxygens (including phenoxy) is 4. The maximum absolute atomic E-state index is 12.0. The Morgan fingerprint density at radius 2 is 1.86 bits per heavy atom. The van der Waals surface area contributed by atoms with Crippen molar-refractivity contribution >= 4 is 5.91 Å². The maximum Gasteiger partial charge on any atom is 0.250 e. The molecule has 0 spiro atoms.